The fourth-order valence-corrected chi connectivity index (χ4v) is 7.18. The molecule has 9 nitrogen and oxygen atoms in total. The van der Waals surface area contributed by atoms with E-state index in [1.807, 2.05) is 30.3 Å². The van der Waals surface area contributed by atoms with Gasteiger partial charge in [-0.05, 0) is 75.3 Å². The molecule has 3 saturated carbocycles. The normalized spacial score (nSPS) is 28.8. The van der Waals surface area contributed by atoms with Crippen LogP contribution in [-0.4, -0.2) is 63.6 Å². The SMILES string of the molecule is Cc1c(C(=O)N[C@H](C(=O)N[C@@H](CC(C)C)B2O[C@@H]3C[C@H]4C[C@H](C4(C)C)[C@]3(C)O2)[C@@H](C)O)cnn1-c1ccccc1. The molecule has 0 spiro atoms. The van der Waals surface area contributed by atoms with Gasteiger partial charge in [0.15, 0.2) is 0 Å². The minimum Gasteiger partial charge on any atom is -0.404 e. The Bertz CT molecular complexity index is 1250. The van der Waals surface area contributed by atoms with Gasteiger partial charge in [-0.25, -0.2) is 4.68 Å². The third-order valence-corrected chi connectivity index (χ3v) is 9.66. The zero-order valence-corrected chi connectivity index (χ0v) is 24.7. The summed E-state index contributed by atoms with van der Waals surface area (Å²) in [6, 6.07) is 8.34. The molecule has 216 valence electrons. The number of benzene rings is 1. The minimum absolute atomic E-state index is 0.00256. The van der Waals surface area contributed by atoms with Crippen molar-refractivity contribution < 1.29 is 24.0 Å². The number of para-hydroxylation sites is 1. The van der Waals surface area contributed by atoms with Crippen molar-refractivity contribution in [2.75, 3.05) is 0 Å². The molecule has 10 heteroatoms. The number of amides is 2. The molecule has 1 aromatic heterocycles. The van der Waals surface area contributed by atoms with E-state index in [1.54, 1.807) is 11.6 Å². The van der Waals surface area contributed by atoms with Crippen molar-refractivity contribution >= 4 is 18.9 Å². The quantitative estimate of drug-likeness (QED) is 0.412. The third kappa shape index (κ3) is 4.99. The lowest BCUT2D eigenvalue weighted by Gasteiger charge is -2.64. The molecular weight excluding hydrogens is 507 g/mol. The molecule has 2 amide bonds. The van der Waals surface area contributed by atoms with Gasteiger partial charge in [-0.3, -0.25) is 9.59 Å². The van der Waals surface area contributed by atoms with Crippen molar-refractivity contribution in [3.05, 3.63) is 47.8 Å². The second kappa shape index (κ2) is 10.6. The third-order valence-electron chi connectivity index (χ3n) is 9.66. The zero-order chi connectivity index (χ0) is 29.0. The van der Waals surface area contributed by atoms with Crippen LogP contribution in [0.4, 0.5) is 0 Å². The van der Waals surface area contributed by atoms with Gasteiger partial charge < -0.3 is 25.0 Å². The van der Waals surface area contributed by atoms with Crippen LogP contribution in [0, 0.1) is 30.1 Å². The van der Waals surface area contributed by atoms with Gasteiger partial charge in [-0.2, -0.15) is 5.10 Å². The highest BCUT2D eigenvalue weighted by Crippen LogP contribution is 2.65. The lowest BCUT2D eigenvalue weighted by atomic mass is 9.43. The van der Waals surface area contributed by atoms with Gasteiger partial charge in [0, 0.05) is 0 Å². The maximum atomic E-state index is 13.6. The van der Waals surface area contributed by atoms with Crippen LogP contribution < -0.4 is 10.6 Å². The molecule has 3 N–H and O–H groups in total. The number of nitrogens with one attached hydrogen (secondary N) is 2. The highest BCUT2D eigenvalue weighted by atomic mass is 16.7. The van der Waals surface area contributed by atoms with E-state index in [-0.39, 0.29) is 17.4 Å². The Labute approximate surface area is 237 Å². The predicted molar refractivity (Wildman–Crippen MR) is 153 cm³/mol. The Kier molecular flexibility index (Phi) is 7.65. The summed E-state index contributed by atoms with van der Waals surface area (Å²) >= 11 is 0. The molecule has 2 bridgehead atoms. The number of hydrogen-bond donors (Lipinski definition) is 3. The summed E-state index contributed by atoms with van der Waals surface area (Å²) in [5, 5.41) is 20.7. The van der Waals surface area contributed by atoms with Crippen molar-refractivity contribution in [1.29, 1.82) is 0 Å². The number of aromatic nitrogens is 2. The molecule has 4 aliphatic rings. The number of rotatable bonds is 9. The number of carbonyl (C=O) groups is 2. The number of hydrogen-bond acceptors (Lipinski definition) is 6. The van der Waals surface area contributed by atoms with Crippen LogP contribution in [0.5, 0.6) is 0 Å². The molecule has 1 aliphatic heterocycles. The molecule has 4 fully saturated rings. The van der Waals surface area contributed by atoms with Crippen molar-refractivity contribution in [2.24, 2.45) is 23.2 Å². The van der Waals surface area contributed by atoms with E-state index < -0.39 is 42.6 Å². The average Bonchev–Trinajstić information content (AvgIpc) is 3.46. The Hall–Kier alpha value is -2.69. The molecule has 2 aromatic rings. The maximum absolute atomic E-state index is 13.6. The summed E-state index contributed by atoms with van der Waals surface area (Å²) in [6.07, 6.45) is 3.10. The van der Waals surface area contributed by atoms with Crippen LogP contribution in [0.2, 0.25) is 0 Å². The van der Waals surface area contributed by atoms with E-state index in [1.165, 1.54) is 13.1 Å². The highest BCUT2D eigenvalue weighted by Gasteiger charge is 2.68. The lowest BCUT2D eigenvalue weighted by molar-refractivity contribution is -0.199. The van der Waals surface area contributed by atoms with Gasteiger partial charge in [0.2, 0.25) is 5.91 Å². The fraction of sp³-hybridized carbons (Fsp3) is 0.633. The van der Waals surface area contributed by atoms with Crippen LogP contribution in [0.15, 0.2) is 36.5 Å². The summed E-state index contributed by atoms with van der Waals surface area (Å²) in [5.74, 6) is -0.0663. The van der Waals surface area contributed by atoms with Gasteiger partial charge in [-0.15, -0.1) is 0 Å². The molecule has 7 atom stereocenters. The van der Waals surface area contributed by atoms with Crippen molar-refractivity contribution in [3.8, 4) is 5.69 Å². The van der Waals surface area contributed by atoms with Gasteiger partial charge in [0.25, 0.3) is 5.91 Å². The maximum Gasteiger partial charge on any atom is 0.481 e. The second-order valence-corrected chi connectivity index (χ2v) is 13.2. The van der Waals surface area contributed by atoms with E-state index in [2.05, 4.69) is 50.4 Å². The molecule has 0 radical (unpaired) electrons. The Morgan fingerprint density at radius 3 is 2.48 bits per heavy atom. The molecule has 2 heterocycles. The Morgan fingerprint density at radius 1 is 1.15 bits per heavy atom. The molecule has 40 heavy (non-hydrogen) atoms. The van der Waals surface area contributed by atoms with Gasteiger partial charge in [0.1, 0.15) is 6.04 Å². The van der Waals surface area contributed by atoms with E-state index in [9.17, 15) is 14.7 Å². The van der Waals surface area contributed by atoms with Crippen LogP contribution in [0.25, 0.3) is 5.69 Å². The lowest BCUT2D eigenvalue weighted by Crippen LogP contribution is -2.65. The van der Waals surface area contributed by atoms with E-state index in [0.717, 1.165) is 18.5 Å². The number of aliphatic hydroxyl groups is 1. The molecule has 1 saturated heterocycles. The molecule has 1 aromatic carbocycles. The second-order valence-electron chi connectivity index (χ2n) is 13.2. The smallest absolute Gasteiger partial charge is 0.404 e. The molecule has 0 unspecified atom stereocenters. The first-order chi connectivity index (χ1) is 18.8. The predicted octanol–water partition coefficient (Wildman–Crippen LogP) is 3.46. The van der Waals surface area contributed by atoms with Gasteiger partial charge in [-0.1, -0.05) is 45.9 Å². The van der Waals surface area contributed by atoms with Crippen molar-refractivity contribution in [2.45, 2.75) is 97.5 Å². The van der Waals surface area contributed by atoms with Crippen LogP contribution >= 0.6 is 0 Å². The summed E-state index contributed by atoms with van der Waals surface area (Å²) in [7, 11) is -0.590. The Balaban J connectivity index is 1.30. The number of carbonyl (C=O) groups excluding carboxylic acids is 2. The largest absolute Gasteiger partial charge is 0.481 e. The Morgan fingerprint density at radius 2 is 1.85 bits per heavy atom. The molecular formula is C30H43BN4O5. The monoisotopic (exact) mass is 550 g/mol. The van der Waals surface area contributed by atoms with Gasteiger partial charge in [0.05, 0.1) is 46.9 Å². The van der Waals surface area contributed by atoms with Gasteiger partial charge >= 0.3 is 7.12 Å². The zero-order valence-electron chi connectivity index (χ0n) is 24.7. The standard InChI is InChI=1S/C30H43BN4O5/c1-17(2)13-25(31-39-24-15-20-14-23(29(20,5)6)30(24,7)40-31)33-28(38)26(19(4)36)34-27(37)22-16-32-35(18(22)3)21-11-9-8-10-12-21/h8-12,16-17,19-20,23-26,36H,13-15H2,1-7H3,(H,33,38)(H,34,37)/t19-,20-,23-,24-,25+,26+,30+/m1/s1. The summed E-state index contributed by atoms with van der Waals surface area (Å²) in [6.45, 7) is 14.3. The summed E-state index contributed by atoms with van der Waals surface area (Å²) in [5.41, 5.74) is 1.62. The molecule has 3 aliphatic carbocycles. The summed E-state index contributed by atoms with van der Waals surface area (Å²) < 4.78 is 14.8. The van der Waals surface area contributed by atoms with Crippen LogP contribution in [0.1, 0.15) is 76.9 Å². The first-order valence-electron chi connectivity index (χ1n) is 14.6. The average molecular weight is 551 g/mol. The van der Waals surface area contributed by atoms with E-state index in [4.69, 9.17) is 9.31 Å². The van der Waals surface area contributed by atoms with Crippen LogP contribution in [-0.2, 0) is 14.1 Å². The van der Waals surface area contributed by atoms with Crippen molar-refractivity contribution in [1.82, 2.24) is 20.4 Å². The fourth-order valence-electron chi connectivity index (χ4n) is 7.18. The number of nitrogens with zero attached hydrogens (tertiary/aromatic N) is 2. The van der Waals surface area contributed by atoms with E-state index >= 15 is 0 Å². The highest BCUT2D eigenvalue weighted by molar-refractivity contribution is 6.48. The topological polar surface area (TPSA) is 115 Å². The first-order valence-corrected chi connectivity index (χ1v) is 14.6. The minimum atomic E-state index is -1.16. The first kappa shape index (κ1) is 28.8. The van der Waals surface area contributed by atoms with Crippen LogP contribution in [0.3, 0.4) is 0 Å². The van der Waals surface area contributed by atoms with Crippen molar-refractivity contribution in [3.63, 3.8) is 0 Å². The molecule has 6 rings (SSSR count). The number of aliphatic hydroxyl groups excluding tert-OH is 1. The summed E-state index contributed by atoms with van der Waals surface area (Å²) in [4.78, 5) is 26.8. The van der Waals surface area contributed by atoms with E-state index in [0.29, 0.717) is 29.5 Å².